The quantitative estimate of drug-likeness (QED) is 0.817. The van der Waals surface area contributed by atoms with E-state index in [4.69, 9.17) is 5.26 Å². The number of anilines is 1. The van der Waals surface area contributed by atoms with Crippen LogP contribution in [0.3, 0.4) is 0 Å². The molecule has 0 fully saturated rings. The van der Waals surface area contributed by atoms with Crippen molar-refractivity contribution in [2.24, 2.45) is 5.92 Å². The van der Waals surface area contributed by atoms with Crippen molar-refractivity contribution in [3.8, 4) is 6.07 Å². The third-order valence-electron chi connectivity index (χ3n) is 2.40. The number of nitriles is 1. The monoisotopic (exact) mass is 233 g/mol. The number of rotatable bonds is 5. The lowest BCUT2D eigenvalue weighted by atomic mass is 9.94. The number of hydrogen-bond acceptors (Lipinski definition) is 4. The molecule has 0 aliphatic rings. The van der Waals surface area contributed by atoms with Crippen LogP contribution in [0.15, 0.2) is 18.3 Å². The second-order valence-corrected chi connectivity index (χ2v) is 4.99. The Bertz CT molecular complexity index is 390. The Balaban J connectivity index is 2.52. The molecule has 1 aromatic rings. The molecule has 92 valence electrons. The maximum absolute atomic E-state index is 10.1. The van der Waals surface area contributed by atoms with Gasteiger partial charge in [-0.15, -0.1) is 0 Å². The van der Waals surface area contributed by atoms with Crippen LogP contribution in [0.2, 0.25) is 0 Å². The van der Waals surface area contributed by atoms with E-state index in [-0.39, 0.29) is 0 Å². The van der Waals surface area contributed by atoms with Gasteiger partial charge in [-0.05, 0) is 31.4 Å². The summed E-state index contributed by atoms with van der Waals surface area (Å²) in [6, 6.07) is 5.41. The normalized spacial score (nSPS) is 14.1. The predicted molar refractivity (Wildman–Crippen MR) is 67.5 cm³/mol. The third-order valence-corrected chi connectivity index (χ3v) is 2.40. The largest absolute Gasteiger partial charge is 0.388 e. The molecule has 0 spiro atoms. The standard InChI is InChI=1S/C13H19N3O/c1-10(2)6-13(3,17)9-16-12-5-4-11(7-14)15-8-12/h4-5,8,10,16-17H,6,9H2,1-3H3. The van der Waals surface area contributed by atoms with Gasteiger partial charge in [-0.3, -0.25) is 0 Å². The summed E-state index contributed by atoms with van der Waals surface area (Å²) in [5.41, 5.74) is 0.472. The minimum atomic E-state index is -0.734. The predicted octanol–water partition coefficient (Wildman–Crippen LogP) is 2.16. The highest BCUT2D eigenvalue weighted by molar-refractivity contribution is 5.42. The topological polar surface area (TPSA) is 68.9 Å². The molecule has 0 aliphatic heterocycles. The zero-order chi connectivity index (χ0) is 12.9. The molecule has 1 unspecified atom stereocenters. The Labute approximate surface area is 102 Å². The Morgan fingerprint density at radius 3 is 2.71 bits per heavy atom. The highest BCUT2D eigenvalue weighted by Crippen LogP contribution is 2.17. The molecule has 0 aromatic carbocycles. The molecule has 4 nitrogen and oxygen atoms in total. The zero-order valence-electron chi connectivity index (χ0n) is 10.6. The van der Waals surface area contributed by atoms with Crippen LogP contribution in [0.4, 0.5) is 5.69 Å². The van der Waals surface area contributed by atoms with Crippen molar-refractivity contribution in [1.82, 2.24) is 4.98 Å². The highest BCUT2D eigenvalue weighted by atomic mass is 16.3. The van der Waals surface area contributed by atoms with E-state index >= 15 is 0 Å². The van der Waals surface area contributed by atoms with E-state index in [9.17, 15) is 5.11 Å². The molecule has 0 saturated carbocycles. The molecule has 4 heteroatoms. The maximum Gasteiger partial charge on any atom is 0.140 e. The van der Waals surface area contributed by atoms with E-state index in [0.717, 1.165) is 12.1 Å². The third kappa shape index (κ3) is 4.83. The molecule has 2 N–H and O–H groups in total. The fourth-order valence-electron chi connectivity index (χ4n) is 1.81. The number of aromatic nitrogens is 1. The van der Waals surface area contributed by atoms with Gasteiger partial charge >= 0.3 is 0 Å². The summed E-state index contributed by atoms with van der Waals surface area (Å²) in [6.45, 7) is 6.45. The Hall–Kier alpha value is -1.60. The summed E-state index contributed by atoms with van der Waals surface area (Å²) in [4.78, 5) is 3.95. The molecular weight excluding hydrogens is 214 g/mol. The molecule has 0 bridgehead atoms. The number of aliphatic hydroxyl groups is 1. The lowest BCUT2D eigenvalue weighted by Gasteiger charge is -2.26. The van der Waals surface area contributed by atoms with Crippen molar-refractivity contribution in [2.75, 3.05) is 11.9 Å². The molecule has 0 amide bonds. The van der Waals surface area contributed by atoms with E-state index in [0.29, 0.717) is 18.2 Å². The molecule has 0 aliphatic carbocycles. The number of nitrogens with one attached hydrogen (secondary N) is 1. The lowest BCUT2D eigenvalue weighted by molar-refractivity contribution is 0.0515. The van der Waals surface area contributed by atoms with Gasteiger partial charge in [0, 0.05) is 6.54 Å². The van der Waals surface area contributed by atoms with Crippen LogP contribution in [-0.4, -0.2) is 22.2 Å². The molecule has 17 heavy (non-hydrogen) atoms. The second-order valence-electron chi connectivity index (χ2n) is 4.99. The van der Waals surface area contributed by atoms with Gasteiger partial charge in [-0.2, -0.15) is 5.26 Å². The van der Waals surface area contributed by atoms with Crippen LogP contribution in [0.1, 0.15) is 32.9 Å². The Morgan fingerprint density at radius 2 is 2.24 bits per heavy atom. The van der Waals surface area contributed by atoms with E-state index in [2.05, 4.69) is 24.1 Å². The molecule has 1 rings (SSSR count). The summed E-state index contributed by atoms with van der Waals surface area (Å²) in [5.74, 6) is 0.450. The minimum absolute atomic E-state index is 0.393. The van der Waals surface area contributed by atoms with Gasteiger partial charge < -0.3 is 10.4 Å². The van der Waals surface area contributed by atoms with Crippen molar-refractivity contribution in [3.63, 3.8) is 0 Å². The van der Waals surface area contributed by atoms with Crippen LogP contribution in [-0.2, 0) is 0 Å². The fraction of sp³-hybridized carbons (Fsp3) is 0.538. The van der Waals surface area contributed by atoms with Crippen LogP contribution >= 0.6 is 0 Å². The van der Waals surface area contributed by atoms with Crippen LogP contribution in [0.25, 0.3) is 0 Å². The molecule has 1 heterocycles. The smallest absolute Gasteiger partial charge is 0.140 e. The maximum atomic E-state index is 10.1. The first-order valence-electron chi connectivity index (χ1n) is 5.75. The van der Waals surface area contributed by atoms with Crippen LogP contribution in [0, 0.1) is 17.2 Å². The molecule has 0 saturated heterocycles. The van der Waals surface area contributed by atoms with Crippen LogP contribution < -0.4 is 5.32 Å². The van der Waals surface area contributed by atoms with Gasteiger partial charge in [0.25, 0.3) is 0 Å². The summed E-state index contributed by atoms with van der Waals surface area (Å²) < 4.78 is 0. The Morgan fingerprint density at radius 1 is 1.53 bits per heavy atom. The molecule has 1 atom stereocenters. The molecule has 1 aromatic heterocycles. The first-order valence-corrected chi connectivity index (χ1v) is 5.75. The first-order chi connectivity index (χ1) is 7.93. The lowest BCUT2D eigenvalue weighted by Crippen LogP contribution is -2.34. The first kappa shape index (κ1) is 13.5. The van der Waals surface area contributed by atoms with Crippen molar-refractivity contribution in [3.05, 3.63) is 24.0 Å². The van der Waals surface area contributed by atoms with E-state index in [1.54, 1.807) is 18.3 Å². The van der Waals surface area contributed by atoms with Gasteiger partial charge in [0.1, 0.15) is 11.8 Å². The number of pyridine rings is 1. The van der Waals surface area contributed by atoms with Crippen molar-refractivity contribution < 1.29 is 5.11 Å². The second kappa shape index (κ2) is 5.65. The van der Waals surface area contributed by atoms with Gasteiger partial charge in [-0.1, -0.05) is 13.8 Å². The number of nitrogens with zero attached hydrogens (tertiary/aromatic N) is 2. The van der Waals surface area contributed by atoms with Crippen molar-refractivity contribution >= 4 is 5.69 Å². The average Bonchev–Trinajstić information content (AvgIpc) is 2.25. The van der Waals surface area contributed by atoms with E-state index in [1.165, 1.54) is 0 Å². The summed E-state index contributed by atoms with van der Waals surface area (Å²) in [7, 11) is 0. The highest BCUT2D eigenvalue weighted by Gasteiger charge is 2.21. The Kier molecular flexibility index (Phi) is 4.47. The van der Waals surface area contributed by atoms with Crippen molar-refractivity contribution in [2.45, 2.75) is 32.8 Å². The average molecular weight is 233 g/mol. The molecule has 0 radical (unpaired) electrons. The van der Waals surface area contributed by atoms with Gasteiger partial charge in [0.2, 0.25) is 0 Å². The van der Waals surface area contributed by atoms with E-state index in [1.807, 2.05) is 13.0 Å². The fourth-order valence-corrected chi connectivity index (χ4v) is 1.81. The summed E-state index contributed by atoms with van der Waals surface area (Å²) >= 11 is 0. The number of hydrogen-bond donors (Lipinski definition) is 2. The van der Waals surface area contributed by atoms with Gasteiger partial charge in [0.05, 0.1) is 17.5 Å². The van der Waals surface area contributed by atoms with Crippen molar-refractivity contribution in [1.29, 1.82) is 5.26 Å². The summed E-state index contributed by atoms with van der Waals surface area (Å²) in [5, 5.41) is 21.8. The zero-order valence-corrected chi connectivity index (χ0v) is 10.6. The van der Waals surface area contributed by atoms with E-state index < -0.39 is 5.60 Å². The SMILES string of the molecule is CC(C)CC(C)(O)CNc1ccc(C#N)nc1. The minimum Gasteiger partial charge on any atom is -0.388 e. The van der Waals surface area contributed by atoms with Crippen LogP contribution in [0.5, 0.6) is 0 Å². The molecular formula is C13H19N3O. The van der Waals surface area contributed by atoms with Gasteiger partial charge in [0.15, 0.2) is 0 Å². The summed E-state index contributed by atoms with van der Waals surface area (Å²) in [6.07, 6.45) is 2.34. The van der Waals surface area contributed by atoms with Gasteiger partial charge in [-0.25, -0.2) is 4.98 Å².